The largest absolute Gasteiger partial charge is 0.374 e. The first-order chi connectivity index (χ1) is 10.9. The van der Waals surface area contributed by atoms with E-state index in [0.717, 1.165) is 26.2 Å². The minimum Gasteiger partial charge on any atom is -0.374 e. The van der Waals surface area contributed by atoms with Gasteiger partial charge >= 0.3 is 0 Å². The van der Waals surface area contributed by atoms with Gasteiger partial charge in [-0.3, -0.25) is 8.61 Å². The molecule has 0 aromatic heterocycles. The van der Waals surface area contributed by atoms with Gasteiger partial charge in [0.15, 0.2) is 0 Å². The molecule has 0 radical (unpaired) electrons. The van der Waals surface area contributed by atoms with E-state index in [4.69, 9.17) is 4.74 Å². The molecule has 2 aromatic carbocycles. The summed E-state index contributed by atoms with van der Waals surface area (Å²) in [5.74, 6) is 0. The summed E-state index contributed by atoms with van der Waals surface area (Å²) in [5, 5.41) is 3.40. The van der Waals surface area contributed by atoms with Crippen molar-refractivity contribution in [3.63, 3.8) is 0 Å². The molecule has 1 saturated heterocycles. The molecular weight excluding hydrogens is 294 g/mol. The molecule has 114 valence electrons. The third-order valence-corrected chi connectivity index (χ3v) is 5.03. The van der Waals surface area contributed by atoms with E-state index in [1.54, 1.807) is 12.1 Å². The number of para-hydroxylation sites is 3. The van der Waals surface area contributed by atoms with Gasteiger partial charge in [-0.15, -0.1) is 0 Å². The summed E-state index contributed by atoms with van der Waals surface area (Å²) in [4.78, 5) is 0. The first-order valence-electron chi connectivity index (χ1n) is 7.64. The average molecular weight is 313 g/mol. The number of anilines is 3. The predicted molar refractivity (Wildman–Crippen MR) is 92.6 cm³/mol. The molecule has 1 unspecified atom stereocenters. The molecule has 22 heavy (non-hydrogen) atoms. The maximum atomic E-state index is 5.86. The number of rotatable bonds is 3. The molecule has 0 bridgehead atoms. The number of fused-ring (bicyclic) bond motifs is 1. The number of nitrogens with zero attached hydrogens (tertiary/aromatic N) is 2. The van der Waals surface area contributed by atoms with Gasteiger partial charge in [-0.1, -0.05) is 30.3 Å². The third-order valence-electron chi connectivity index (χ3n) is 3.91. The fourth-order valence-electron chi connectivity index (χ4n) is 2.84. The number of benzene rings is 2. The van der Waals surface area contributed by atoms with Crippen molar-refractivity contribution in [3.8, 4) is 0 Å². The highest BCUT2D eigenvalue weighted by molar-refractivity contribution is 8.02. The van der Waals surface area contributed by atoms with Gasteiger partial charge in [-0.05, 0) is 24.3 Å². The van der Waals surface area contributed by atoms with Crippen molar-refractivity contribution in [2.45, 2.75) is 6.10 Å². The summed E-state index contributed by atoms with van der Waals surface area (Å²) in [7, 11) is 0. The summed E-state index contributed by atoms with van der Waals surface area (Å²) >= 11 is 1.75. The summed E-state index contributed by atoms with van der Waals surface area (Å²) in [5.41, 5.74) is 3.69. The van der Waals surface area contributed by atoms with Crippen molar-refractivity contribution in [1.82, 2.24) is 5.32 Å². The quantitative estimate of drug-likeness (QED) is 0.879. The van der Waals surface area contributed by atoms with Crippen LogP contribution in [0.4, 0.5) is 17.1 Å². The van der Waals surface area contributed by atoms with E-state index in [2.05, 4.69) is 68.5 Å². The van der Waals surface area contributed by atoms with Crippen LogP contribution in [-0.2, 0) is 4.74 Å². The molecule has 2 aromatic rings. The van der Waals surface area contributed by atoms with E-state index in [9.17, 15) is 0 Å². The molecule has 5 heteroatoms. The number of ether oxygens (including phenoxy) is 1. The van der Waals surface area contributed by atoms with E-state index >= 15 is 0 Å². The van der Waals surface area contributed by atoms with Crippen molar-refractivity contribution < 1.29 is 4.74 Å². The molecule has 4 rings (SSSR count). The van der Waals surface area contributed by atoms with Crippen molar-refractivity contribution in [3.05, 3.63) is 54.6 Å². The molecule has 2 aliphatic heterocycles. The van der Waals surface area contributed by atoms with Crippen molar-refractivity contribution in [1.29, 1.82) is 0 Å². The maximum absolute atomic E-state index is 5.86. The summed E-state index contributed by atoms with van der Waals surface area (Å²) in [6.07, 6.45) is 0.241. The summed E-state index contributed by atoms with van der Waals surface area (Å²) < 4.78 is 10.5. The SMILES string of the molecule is c1ccc(N2SN(CC3CNCCO3)c3ccccc32)cc1. The average Bonchev–Trinajstić information content (AvgIpc) is 2.96. The molecule has 1 fully saturated rings. The van der Waals surface area contributed by atoms with Crippen LogP contribution in [0.25, 0.3) is 0 Å². The first-order valence-corrected chi connectivity index (χ1v) is 8.37. The van der Waals surface area contributed by atoms with Crippen LogP contribution in [0.1, 0.15) is 0 Å². The van der Waals surface area contributed by atoms with Gasteiger partial charge in [0.05, 0.1) is 48.5 Å². The lowest BCUT2D eigenvalue weighted by atomic mass is 10.2. The Morgan fingerprint density at radius 1 is 1.05 bits per heavy atom. The Labute approximate surface area is 135 Å². The topological polar surface area (TPSA) is 27.7 Å². The second-order valence-electron chi connectivity index (χ2n) is 5.46. The monoisotopic (exact) mass is 313 g/mol. The van der Waals surface area contributed by atoms with Crippen molar-refractivity contribution >= 4 is 29.2 Å². The molecule has 0 amide bonds. The Morgan fingerprint density at radius 2 is 1.82 bits per heavy atom. The molecule has 4 nitrogen and oxygen atoms in total. The maximum Gasteiger partial charge on any atom is 0.0885 e. The molecule has 0 aliphatic carbocycles. The van der Waals surface area contributed by atoms with Gasteiger partial charge in [0.25, 0.3) is 0 Å². The van der Waals surface area contributed by atoms with Crippen LogP contribution >= 0.6 is 12.1 Å². The predicted octanol–water partition coefficient (Wildman–Crippen LogP) is 3.20. The van der Waals surface area contributed by atoms with Gasteiger partial charge in [-0.25, -0.2) is 0 Å². The van der Waals surface area contributed by atoms with Gasteiger partial charge in [0.2, 0.25) is 0 Å². The lowest BCUT2D eigenvalue weighted by Crippen LogP contribution is -2.43. The molecule has 0 saturated carbocycles. The van der Waals surface area contributed by atoms with Gasteiger partial charge in [0.1, 0.15) is 0 Å². The first kappa shape index (κ1) is 13.9. The fraction of sp³-hybridized carbons (Fsp3) is 0.294. The molecule has 1 N–H and O–H groups in total. The lowest BCUT2D eigenvalue weighted by molar-refractivity contribution is 0.0356. The van der Waals surface area contributed by atoms with Gasteiger partial charge < -0.3 is 10.1 Å². The molecule has 0 spiro atoms. The highest BCUT2D eigenvalue weighted by Crippen LogP contribution is 2.48. The van der Waals surface area contributed by atoms with E-state index in [-0.39, 0.29) is 6.10 Å². The zero-order valence-corrected chi connectivity index (χ0v) is 13.1. The Kier molecular flexibility index (Phi) is 3.93. The van der Waals surface area contributed by atoms with Gasteiger partial charge in [0, 0.05) is 13.1 Å². The van der Waals surface area contributed by atoms with Crippen molar-refractivity contribution in [2.24, 2.45) is 0 Å². The zero-order valence-electron chi connectivity index (χ0n) is 12.3. The van der Waals surface area contributed by atoms with Crippen LogP contribution in [-0.4, -0.2) is 32.3 Å². The second kappa shape index (κ2) is 6.20. The molecule has 2 heterocycles. The highest BCUT2D eigenvalue weighted by atomic mass is 32.2. The van der Waals surface area contributed by atoms with E-state index < -0.39 is 0 Å². The van der Waals surface area contributed by atoms with Crippen LogP contribution in [0.2, 0.25) is 0 Å². The normalized spacial score (nSPS) is 21.0. The zero-order chi connectivity index (χ0) is 14.8. The van der Waals surface area contributed by atoms with Crippen molar-refractivity contribution in [2.75, 3.05) is 34.9 Å². The summed E-state index contributed by atoms with van der Waals surface area (Å²) in [6, 6.07) is 19.0. The molecule has 2 aliphatic rings. The Hall–Kier alpha value is -1.69. The van der Waals surface area contributed by atoms with Crippen LogP contribution < -0.4 is 13.9 Å². The minimum atomic E-state index is 0.241. The second-order valence-corrected chi connectivity index (χ2v) is 6.43. The molecular formula is C17H19N3OS. The Balaban J connectivity index is 1.59. The van der Waals surface area contributed by atoms with E-state index in [0.29, 0.717) is 0 Å². The number of morpholine rings is 1. The number of hydrogen-bond donors (Lipinski definition) is 1. The molecule has 1 atom stereocenters. The minimum absolute atomic E-state index is 0.241. The Bertz CT molecular complexity index is 631. The van der Waals surface area contributed by atoms with Crippen LogP contribution in [0.5, 0.6) is 0 Å². The van der Waals surface area contributed by atoms with E-state index in [1.165, 1.54) is 17.1 Å². The number of nitrogens with one attached hydrogen (secondary N) is 1. The number of hydrogen-bond acceptors (Lipinski definition) is 5. The highest BCUT2D eigenvalue weighted by Gasteiger charge is 2.30. The summed E-state index contributed by atoms with van der Waals surface area (Å²) in [6.45, 7) is 3.56. The van der Waals surface area contributed by atoms with Gasteiger partial charge in [-0.2, -0.15) is 0 Å². The Morgan fingerprint density at radius 3 is 2.59 bits per heavy atom. The lowest BCUT2D eigenvalue weighted by Gasteiger charge is -2.28. The van der Waals surface area contributed by atoms with Crippen LogP contribution in [0.3, 0.4) is 0 Å². The van der Waals surface area contributed by atoms with E-state index in [1.807, 2.05) is 0 Å². The van der Waals surface area contributed by atoms with Crippen LogP contribution in [0.15, 0.2) is 54.6 Å². The standard InChI is InChI=1S/C17H19N3OS/c1-2-6-14(7-3-1)20-17-9-5-4-8-16(17)19(22-20)13-15-12-18-10-11-21-15/h1-9,15,18H,10-13H2. The smallest absolute Gasteiger partial charge is 0.0885 e. The fourth-order valence-corrected chi connectivity index (χ4v) is 3.97. The van der Waals surface area contributed by atoms with Crippen LogP contribution in [0, 0.1) is 0 Å². The third kappa shape index (κ3) is 2.67.